The molecule has 1 aromatic rings. The third-order valence-corrected chi connectivity index (χ3v) is 4.36. The van der Waals surface area contributed by atoms with Crippen LogP contribution < -0.4 is 5.32 Å². The quantitative estimate of drug-likeness (QED) is 0.760. The largest absolute Gasteiger partial charge is 0.391 e. The topological polar surface area (TPSA) is 41.5 Å². The summed E-state index contributed by atoms with van der Waals surface area (Å²) in [4.78, 5) is 1.31. The summed E-state index contributed by atoms with van der Waals surface area (Å²) in [5, 5.41) is 12.7. The molecule has 1 heterocycles. The van der Waals surface area contributed by atoms with Gasteiger partial charge in [-0.2, -0.15) is 0 Å². The van der Waals surface area contributed by atoms with E-state index in [1.165, 1.54) is 14.2 Å². The molecular formula is C11H18BrNO2S. The first kappa shape index (κ1) is 14.1. The van der Waals surface area contributed by atoms with Gasteiger partial charge in [-0.25, -0.2) is 0 Å². The van der Waals surface area contributed by atoms with Crippen LogP contribution in [0.15, 0.2) is 9.85 Å². The molecule has 0 spiro atoms. The molecule has 0 aliphatic carbocycles. The van der Waals surface area contributed by atoms with Gasteiger partial charge >= 0.3 is 0 Å². The van der Waals surface area contributed by atoms with E-state index in [2.05, 4.69) is 34.2 Å². The molecule has 1 aromatic heterocycles. The maximum Gasteiger partial charge on any atom is 0.0785 e. The van der Waals surface area contributed by atoms with Crippen molar-refractivity contribution < 1.29 is 9.84 Å². The zero-order chi connectivity index (χ0) is 12.0. The van der Waals surface area contributed by atoms with Crippen molar-refractivity contribution in [1.82, 2.24) is 5.32 Å². The Labute approximate surface area is 109 Å². The highest BCUT2D eigenvalue weighted by molar-refractivity contribution is 9.11. The lowest BCUT2D eigenvalue weighted by atomic mass is 10.2. The van der Waals surface area contributed by atoms with Crippen molar-refractivity contribution in [2.24, 2.45) is 0 Å². The van der Waals surface area contributed by atoms with Crippen molar-refractivity contribution in [2.45, 2.75) is 26.0 Å². The molecule has 0 aliphatic rings. The predicted molar refractivity (Wildman–Crippen MR) is 71.0 cm³/mol. The number of halogens is 1. The van der Waals surface area contributed by atoms with Crippen LogP contribution in [-0.4, -0.2) is 31.5 Å². The highest BCUT2D eigenvalue weighted by atomic mass is 79.9. The number of aryl methyl sites for hydroxylation is 1. The van der Waals surface area contributed by atoms with Gasteiger partial charge in [-0.3, -0.25) is 0 Å². The van der Waals surface area contributed by atoms with Crippen LogP contribution in [-0.2, 0) is 11.3 Å². The fourth-order valence-electron chi connectivity index (χ4n) is 1.37. The van der Waals surface area contributed by atoms with Gasteiger partial charge < -0.3 is 15.2 Å². The second kappa shape index (κ2) is 7.40. The minimum Gasteiger partial charge on any atom is -0.391 e. The predicted octanol–water partition coefficient (Wildman–Crippen LogP) is 2.31. The van der Waals surface area contributed by atoms with Crippen molar-refractivity contribution in [1.29, 1.82) is 0 Å². The van der Waals surface area contributed by atoms with Crippen LogP contribution in [0.25, 0.3) is 0 Å². The van der Waals surface area contributed by atoms with Crippen LogP contribution in [0.1, 0.15) is 16.9 Å². The number of thiophene rings is 1. The maximum atomic E-state index is 9.42. The Kier molecular flexibility index (Phi) is 6.53. The molecule has 5 heteroatoms. The standard InChI is InChI=1S/C11H18BrNO2S/c1-8-5-10(16-11(8)12)6-13-4-3-9(14)7-15-2/h5,9,13-14H,3-4,6-7H2,1-2H3. The molecular weight excluding hydrogens is 290 g/mol. The lowest BCUT2D eigenvalue weighted by molar-refractivity contribution is 0.0594. The van der Waals surface area contributed by atoms with E-state index in [0.29, 0.717) is 6.61 Å². The van der Waals surface area contributed by atoms with Crippen molar-refractivity contribution >= 4 is 27.3 Å². The molecule has 0 saturated heterocycles. The molecule has 1 unspecified atom stereocenters. The summed E-state index contributed by atoms with van der Waals surface area (Å²) in [5.74, 6) is 0. The summed E-state index contributed by atoms with van der Waals surface area (Å²) >= 11 is 5.25. The van der Waals surface area contributed by atoms with Gasteiger partial charge in [0.05, 0.1) is 16.5 Å². The number of nitrogens with one attached hydrogen (secondary N) is 1. The number of aliphatic hydroxyl groups is 1. The summed E-state index contributed by atoms with van der Waals surface area (Å²) in [6.07, 6.45) is 0.355. The van der Waals surface area contributed by atoms with Gasteiger partial charge in [0.15, 0.2) is 0 Å². The number of methoxy groups -OCH3 is 1. The second-order valence-corrected chi connectivity index (χ2v) is 6.20. The van der Waals surface area contributed by atoms with Crippen molar-refractivity contribution in [3.8, 4) is 0 Å². The molecule has 1 rings (SSSR count). The molecule has 16 heavy (non-hydrogen) atoms. The number of aliphatic hydroxyl groups excluding tert-OH is 1. The average Bonchev–Trinajstić information content (AvgIpc) is 2.54. The van der Waals surface area contributed by atoms with Crippen LogP contribution in [0.4, 0.5) is 0 Å². The minimum atomic E-state index is -0.366. The van der Waals surface area contributed by atoms with Gasteiger partial charge in [0, 0.05) is 18.5 Å². The molecule has 0 saturated carbocycles. The average molecular weight is 308 g/mol. The molecule has 0 fully saturated rings. The van der Waals surface area contributed by atoms with Gasteiger partial charge in [-0.15, -0.1) is 11.3 Å². The summed E-state index contributed by atoms with van der Waals surface area (Å²) in [5.41, 5.74) is 1.28. The van der Waals surface area contributed by atoms with E-state index in [0.717, 1.165) is 19.5 Å². The SMILES string of the molecule is COCC(O)CCNCc1cc(C)c(Br)s1. The Bertz CT molecular complexity index is 297. The maximum absolute atomic E-state index is 9.42. The molecule has 0 amide bonds. The normalized spacial score (nSPS) is 13.0. The summed E-state index contributed by atoms with van der Waals surface area (Å²) in [7, 11) is 1.60. The van der Waals surface area contributed by atoms with Crippen LogP contribution in [0.3, 0.4) is 0 Å². The van der Waals surface area contributed by atoms with E-state index < -0.39 is 0 Å². The number of hydrogen-bond acceptors (Lipinski definition) is 4. The van der Waals surface area contributed by atoms with Crippen molar-refractivity contribution in [3.05, 3.63) is 20.3 Å². The van der Waals surface area contributed by atoms with Crippen molar-refractivity contribution in [3.63, 3.8) is 0 Å². The van der Waals surface area contributed by atoms with E-state index in [1.807, 2.05) is 0 Å². The Balaban J connectivity index is 2.16. The fourth-order valence-corrected chi connectivity index (χ4v) is 2.96. The lowest BCUT2D eigenvalue weighted by Crippen LogP contribution is -2.22. The fraction of sp³-hybridized carbons (Fsp3) is 0.636. The zero-order valence-corrected chi connectivity index (χ0v) is 12.0. The van der Waals surface area contributed by atoms with Gasteiger partial charge in [0.2, 0.25) is 0 Å². The van der Waals surface area contributed by atoms with E-state index in [4.69, 9.17) is 4.74 Å². The van der Waals surface area contributed by atoms with Crippen molar-refractivity contribution in [2.75, 3.05) is 20.3 Å². The third-order valence-electron chi connectivity index (χ3n) is 2.22. The first-order valence-electron chi connectivity index (χ1n) is 5.26. The molecule has 0 aromatic carbocycles. The number of ether oxygens (including phenoxy) is 1. The Hall–Kier alpha value is 0.0600. The minimum absolute atomic E-state index is 0.366. The molecule has 3 nitrogen and oxygen atoms in total. The van der Waals surface area contributed by atoms with E-state index in [9.17, 15) is 5.11 Å². The molecule has 92 valence electrons. The Morgan fingerprint density at radius 2 is 2.38 bits per heavy atom. The van der Waals surface area contributed by atoms with Gasteiger partial charge in [0.25, 0.3) is 0 Å². The monoisotopic (exact) mass is 307 g/mol. The van der Waals surface area contributed by atoms with Gasteiger partial charge in [0.1, 0.15) is 0 Å². The zero-order valence-electron chi connectivity index (χ0n) is 9.62. The number of rotatable bonds is 7. The van der Waals surface area contributed by atoms with Gasteiger partial charge in [-0.1, -0.05) is 0 Å². The highest BCUT2D eigenvalue weighted by Gasteiger charge is 2.04. The molecule has 1 atom stereocenters. The first-order chi connectivity index (χ1) is 7.63. The van der Waals surface area contributed by atoms with E-state index >= 15 is 0 Å². The summed E-state index contributed by atoms with van der Waals surface area (Å²) < 4.78 is 6.05. The molecule has 0 radical (unpaired) electrons. The highest BCUT2D eigenvalue weighted by Crippen LogP contribution is 2.26. The Morgan fingerprint density at radius 1 is 1.62 bits per heavy atom. The smallest absolute Gasteiger partial charge is 0.0785 e. The van der Waals surface area contributed by atoms with E-state index in [-0.39, 0.29) is 6.10 Å². The van der Waals surface area contributed by atoms with Crippen LogP contribution in [0, 0.1) is 6.92 Å². The van der Waals surface area contributed by atoms with Gasteiger partial charge in [-0.05, 0) is 47.4 Å². The molecule has 2 N–H and O–H groups in total. The number of hydrogen-bond donors (Lipinski definition) is 2. The molecule has 0 aliphatic heterocycles. The van der Waals surface area contributed by atoms with E-state index in [1.54, 1.807) is 18.4 Å². The van der Waals surface area contributed by atoms with Crippen LogP contribution >= 0.6 is 27.3 Å². The second-order valence-electron chi connectivity index (χ2n) is 3.74. The Morgan fingerprint density at radius 3 is 2.94 bits per heavy atom. The van der Waals surface area contributed by atoms with Crippen LogP contribution in [0.2, 0.25) is 0 Å². The summed E-state index contributed by atoms with van der Waals surface area (Å²) in [6, 6.07) is 2.17. The summed E-state index contributed by atoms with van der Waals surface area (Å²) in [6.45, 7) is 4.16. The molecule has 0 bridgehead atoms. The van der Waals surface area contributed by atoms with Crippen LogP contribution in [0.5, 0.6) is 0 Å². The first-order valence-corrected chi connectivity index (χ1v) is 6.87. The lowest BCUT2D eigenvalue weighted by Gasteiger charge is -2.09. The third kappa shape index (κ3) is 4.93.